The molecule has 2 N–H and O–H groups in total. The zero-order chi connectivity index (χ0) is 24.5. The highest BCUT2D eigenvalue weighted by Gasteiger charge is 2.43. The summed E-state index contributed by atoms with van der Waals surface area (Å²) < 4.78 is 5.66. The van der Waals surface area contributed by atoms with Crippen LogP contribution >= 0.6 is 0 Å². The van der Waals surface area contributed by atoms with E-state index in [1.807, 2.05) is 31.2 Å². The minimum Gasteiger partial charge on any atom is -0.481 e. The van der Waals surface area contributed by atoms with Crippen molar-refractivity contribution in [3.8, 4) is 11.1 Å². The SMILES string of the molecule is CCC1C(C(=O)O)CCN1C(=O)C1CCC(NC(=O)OCC2c3ccccc3-c3ccccc32)C1. The highest BCUT2D eigenvalue weighted by atomic mass is 16.5. The van der Waals surface area contributed by atoms with E-state index in [0.29, 0.717) is 38.6 Å². The summed E-state index contributed by atoms with van der Waals surface area (Å²) in [6.07, 6.45) is 2.66. The van der Waals surface area contributed by atoms with Crippen LogP contribution < -0.4 is 5.32 Å². The lowest BCUT2D eigenvalue weighted by Gasteiger charge is -2.28. The summed E-state index contributed by atoms with van der Waals surface area (Å²) in [5.41, 5.74) is 4.71. The van der Waals surface area contributed by atoms with Gasteiger partial charge in [-0.2, -0.15) is 0 Å². The van der Waals surface area contributed by atoms with Crippen molar-refractivity contribution in [3.05, 3.63) is 59.7 Å². The second kappa shape index (κ2) is 9.72. The Kier molecular flexibility index (Phi) is 6.50. The second-order valence-electron chi connectivity index (χ2n) is 9.92. The van der Waals surface area contributed by atoms with Crippen LogP contribution in [0.5, 0.6) is 0 Å². The van der Waals surface area contributed by atoms with Crippen LogP contribution in [0.1, 0.15) is 56.1 Å². The molecule has 0 bridgehead atoms. The van der Waals surface area contributed by atoms with Crippen molar-refractivity contribution in [2.45, 2.75) is 57.0 Å². The molecule has 2 amide bonds. The minimum absolute atomic E-state index is 0.00868. The van der Waals surface area contributed by atoms with Crippen molar-refractivity contribution >= 4 is 18.0 Å². The van der Waals surface area contributed by atoms with Crippen molar-refractivity contribution in [2.24, 2.45) is 11.8 Å². The molecule has 0 spiro atoms. The average Bonchev–Trinajstić information content (AvgIpc) is 3.58. The number of nitrogens with one attached hydrogen (secondary N) is 1. The lowest BCUT2D eigenvalue weighted by Crippen LogP contribution is -2.42. The van der Waals surface area contributed by atoms with E-state index in [4.69, 9.17) is 4.74 Å². The molecule has 2 aliphatic carbocycles. The first-order valence-corrected chi connectivity index (χ1v) is 12.6. The molecule has 7 nitrogen and oxygen atoms in total. The van der Waals surface area contributed by atoms with Crippen LogP contribution in [0.4, 0.5) is 4.79 Å². The van der Waals surface area contributed by atoms with Crippen LogP contribution in [0, 0.1) is 11.8 Å². The van der Waals surface area contributed by atoms with E-state index in [2.05, 4.69) is 29.6 Å². The van der Waals surface area contributed by atoms with E-state index in [9.17, 15) is 19.5 Å². The predicted molar refractivity (Wildman–Crippen MR) is 131 cm³/mol. The molecular weight excluding hydrogens is 444 g/mol. The lowest BCUT2D eigenvalue weighted by molar-refractivity contribution is -0.144. The van der Waals surface area contributed by atoms with Crippen molar-refractivity contribution in [1.82, 2.24) is 10.2 Å². The van der Waals surface area contributed by atoms with Crippen molar-refractivity contribution in [2.75, 3.05) is 13.2 Å². The van der Waals surface area contributed by atoms with E-state index in [1.54, 1.807) is 4.90 Å². The molecule has 4 atom stereocenters. The molecule has 7 heteroatoms. The number of fused-ring (bicyclic) bond motifs is 3. The van der Waals surface area contributed by atoms with Gasteiger partial charge >= 0.3 is 12.1 Å². The van der Waals surface area contributed by atoms with E-state index in [0.717, 1.165) is 0 Å². The Labute approximate surface area is 205 Å². The maximum Gasteiger partial charge on any atom is 0.407 e. The van der Waals surface area contributed by atoms with E-state index in [1.165, 1.54) is 22.3 Å². The number of aliphatic carboxylic acids is 1. The Morgan fingerprint density at radius 2 is 1.66 bits per heavy atom. The highest BCUT2D eigenvalue weighted by Crippen LogP contribution is 2.44. The number of amides is 2. The van der Waals surface area contributed by atoms with Gasteiger partial charge in [-0.1, -0.05) is 55.5 Å². The molecule has 1 saturated heterocycles. The maximum absolute atomic E-state index is 13.1. The summed E-state index contributed by atoms with van der Waals surface area (Å²) in [5, 5.41) is 12.4. The first-order valence-electron chi connectivity index (χ1n) is 12.6. The number of carbonyl (C=O) groups is 3. The van der Waals surface area contributed by atoms with Crippen molar-refractivity contribution < 1.29 is 24.2 Å². The number of benzene rings is 2. The lowest BCUT2D eigenvalue weighted by atomic mass is 9.97. The van der Waals surface area contributed by atoms with Gasteiger partial charge in [-0.05, 0) is 54.4 Å². The fraction of sp³-hybridized carbons (Fsp3) is 0.464. The normalized spacial score (nSPS) is 25.2. The van der Waals surface area contributed by atoms with Gasteiger partial charge in [-0.25, -0.2) is 4.79 Å². The third kappa shape index (κ3) is 4.40. The van der Waals surface area contributed by atoms with Crippen LogP contribution in [-0.4, -0.2) is 53.2 Å². The molecule has 1 aliphatic heterocycles. The maximum atomic E-state index is 13.1. The fourth-order valence-corrected chi connectivity index (χ4v) is 6.30. The molecule has 2 aromatic carbocycles. The molecule has 3 aliphatic rings. The highest BCUT2D eigenvalue weighted by molar-refractivity contribution is 5.82. The number of rotatable bonds is 6. The fourth-order valence-electron chi connectivity index (χ4n) is 6.30. The average molecular weight is 477 g/mol. The van der Waals surface area contributed by atoms with Crippen LogP contribution in [0.3, 0.4) is 0 Å². The van der Waals surface area contributed by atoms with Crippen molar-refractivity contribution in [3.63, 3.8) is 0 Å². The van der Waals surface area contributed by atoms with Crippen molar-refractivity contribution in [1.29, 1.82) is 0 Å². The summed E-state index contributed by atoms with van der Waals surface area (Å²) in [4.78, 5) is 39.1. The zero-order valence-corrected chi connectivity index (χ0v) is 20.0. The topological polar surface area (TPSA) is 95.9 Å². The number of likely N-dealkylation sites (tertiary alicyclic amines) is 1. The summed E-state index contributed by atoms with van der Waals surface area (Å²) in [6.45, 7) is 2.69. The minimum atomic E-state index is -0.826. The molecule has 2 aromatic rings. The van der Waals surface area contributed by atoms with Gasteiger partial charge in [0.05, 0.1) is 5.92 Å². The molecule has 5 rings (SSSR count). The first-order chi connectivity index (χ1) is 17.0. The Morgan fingerprint density at radius 1 is 1.00 bits per heavy atom. The van der Waals surface area contributed by atoms with Gasteiger partial charge < -0.3 is 20.1 Å². The molecule has 184 valence electrons. The van der Waals surface area contributed by atoms with Gasteiger partial charge in [0.15, 0.2) is 0 Å². The quantitative estimate of drug-likeness (QED) is 0.644. The molecule has 4 unspecified atom stereocenters. The van der Waals surface area contributed by atoms with E-state index >= 15 is 0 Å². The largest absolute Gasteiger partial charge is 0.481 e. The summed E-state index contributed by atoms with van der Waals surface area (Å²) in [6, 6.07) is 16.1. The number of nitrogens with zero attached hydrogens (tertiary/aromatic N) is 1. The number of alkyl carbamates (subject to hydrolysis) is 1. The summed E-state index contributed by atoms with van der Waals surface area (Å²) >= 11 is 0. The van der Waals surface area contributed by atoms with Gasteiger partial charge in [0.25, 0.3) is 0 Å². The molecule has 0 aromatic heterocycles. The van der Waals surface area contributed by atoms with Gasteiger partial charge in [0, 0.05) is 30.5 Å². The van der Waals surface area contributed by atoms with Gasteiger partial charge in [0.1, 0.15) is 6.61 Å². The van der Waals surface area contributed by atoms with E-state index < -0.39 is 18.0 Å². The number of hydrogen-bond acceptors (Lipinski definition) is 4. The number of ether oxygens (including phenoxy) is 1. The third-order valence-corrected chi connectivity index (χ3v) is 8.01. The van der Waals surface area contributed by atoms with E-state index in [-0.39, 0.29) is 36.4 Å². The Hall–Kier alpha value is -3.35. The van der Waals surface area contributed by atoms with Crippen LogP contribution in [-0.2, 0) is 14.3 Å². The molecule has 1 saturated carbocycles. The Balaban J connectivity index is 1.15. The Bertz CT molecular complexity index is 1090. The van der Waals surface area contributed by atoms with Gasteiger partial charge in [-0.3, -0.25) is 9.59 Å². The third-order valence-electron chi connectivity index (χ3n) is 8.01. The molecule has 0 radical (unpaired) electrons. The smallest absolute Gasteiger partial charge is 0.407 e. The predicted octanol–water partition coefficient (Wildman–Crippen LogP) is 4.41. The molecule has 35 heavy (non-hydrogen) atoms. The summed E-state index contributed by atoms with van der Waals surface area (Å²) in [5.74, 6) is -1.46. The monoisotopic (exact) mass is 476 g/mol. The first kappa shape index (κ1) is 23.4. The van der Waals surface area contributed by atoms with Crippen LogP contribution in [0.25, 0.3) is 11.1 Å². The number of carboxylic acid groups (broad SMARTS) is 1. The standard InChI is InChI=1S/C28H32N2O5/c1-2-25-23(27(32)33)13-14-30(25)26(31)17-11-12-18(15-17)29-28(34)35-16-24-21-9-5-3-7-19(21)20-8-4-6-10-22(20)24/h3-10,17-18,23-25H,2,11-16H2,1H3,(H,29,34)(H,32,33). The second-order valence-corrected chi connectivity index (χ2v) is 9.92. The van der Waals surface area contributed by atoms with Gasteiger partial charge in [-0.15, -0.1) is 0 Å². The number of carbonyl (C=O) groups excluding carboxylic acids is 2. The Morgan fingerprint density at radius 3 is 2.29 bits per heavy atom. The van der Waals surface area contributed by atoms with Crippen LogP contribution in [0.2, 0.25) is 0 Å². The van der Waals surface area contributed by atoms with Crippen LogP contribution in [0.15, 0.2) is 48.5 Å². The summed E-state index contributed by atoms with van der Waals surface area (Å²) in [7, 11) is 0. The van der Waals surface area contributed by atoms with Gasteiger partial charge in [0.2, 0.25) is 5.91 Å². The number of hydrogen-bond donors (Lipinski definition) is 2. The number of carboxylic acids is 1. The molecular formula is C28H32N2O5. The zero-order valence-electron chi connectivity index (χ0n) is 20.0. The molecule has 2 fully saturated rings. The molecule has 1 heterocycles.